The van der Waals surface area contributed by atoms with Crippen molar-refractivity contribution in [3.63, 3.8) is 0 Å². The predicted octanol–water partition coefficient (Wildman–Crippen LogP) is -0.630. The Hall–Kier alpha value is -2.27. The second kappa shape index (κ2) is 8.46. The third-order valence-corrected chi connectivity index (χ3v) is 5.32. The molecule has 2 aromatic heterocycles. The fraction of sp³-hybridized carbons (Fsp3) is 0.158. The van der Waals surface area contributed by atoms with Gasteiger partial charge in [-0.25, -0.2) is 9.67 Å². The van der Waals surface area contributed by atoms with Gasteiger partial charge in [-0.3, -0.25) is 4.79 Å². The molecule has 0 atom stereocenters. The van der Waals surface area contributed by atoms with Gasteiger partial charge in [0.2, 0.25) is 0 Å². The molecule has 0 N–H and O–H groups in total. The second-order valence-corrected chi connectivity index (χ2v) is 7.41. The van der Waals surface area contributed by atoms with E-state index in [9.17, 15) is 27.9 Å². The van der Waals surface area contributed by atoms with Crippen molar-refractivity contribution >= 4 is 38.3 Å². The van der Waals surface area contributed by atoms with Gasteiger partial charge < -0.3 is 9.90 Å². The first-order valence-electron chi connectivity index (χ1n) is 8.37. The maximum Gasteiger partial charge on any atom is 1.00 e. The van der Waals surface area contributed by atoms with Crippen LogP contribution in [0.25, 0.3) is 21.0 Å². The van der Waals surface area contributed by atoms with E-state index >= 15 is 0 Å². The molecule has 11 heteroatoms. The smallest absolute Gasteiger partial charge is 0.550 e. The van der Waals surface area contributed by atoms with E-state index < -0.39 is 29.7 Å². The third kappa shape index (κ3) is 4.41. The van der Waals surface area contributed by atoms with Gasteiger partial charge in [0.25, 0.3) is 5.56 Å². The van der Waals surface area contributed by atoms with E-state index in [4.69, 9.17) is 0 Å². The van der Waals surface area contributed by atoms with Crippen LogP contribution in [0.1, 0.15) is 16.3 Å². The average molecular weight is 441 g/mol. The van der Waals surface area contributed by atoms with Gasteiger partial charge in [0, 0.05) is 17.8 Å². The quantitative estimate of drug-likeness (QED) is 0.394. The van der Waals surface area contributed by atoms with Crippen LogP contribution in [0.15, 0.2) is 47.3 Å². The first-order chi connectivity index (χ1) is 13.7. The fourth-order valence-corrected chi connectivity index (χ4v) is 3.96. The molecule has 148 valence electrons. The summed E-state index contributed by atoms with van der Waals surface area (Å²) < 4.78 is 40.3. The van der Waals surface area contributed by atoms with Gasteiger partial charge >= 0.3 is 35.7 Å². The van der Waals surface area contributed by atoms with Gasteiger partial charge in [-0.05, 0) is 24.3 Å². The van der Waals surface area contributed by atoms with Crippen molar-refractivity contribution in [2.45, 2.75) is 19.1 Å². The zero-order chi connectivity index (χ0) is 20.8. The second-order valence-electron chi connectivity index (χ2n) is 6.29. The molecule has 2 heterocycles. The molecular formula is C19H11F3N3NaO3S. The number of carbonyl (C=O) groups is 1. The molecular weight excluding hydrogens is 430 g/mol. The number of carboxylic acids is 1. The van der Waals surface area contributed by atoms with E-state index in [0.717, 1.165) is 28.2 Å². The summed E-state index contributed by atoms with van der Waals surface area (Å²) in [5.41, 5.74) is -0.915. The number of hydrogen-bond acceptors (Lipinski definition) is 6. The van der Waals surface area contributed by atoms with Gasteiger partial charge in [-0.1, -0.05) is 18.2 Å². The number of halogens is 3. The van der Waals surface area contributed by atoms with E-state index in [0.29, 0.717) is 20.5 Å². The van der Waals surface area contributed by atoms with Crippen molar-refractivity contribution in [2.24, 2.45) is 0 Å². The molecule has 0 aliphatic rings. The van der Waals surface area contributed by atoms with Gasteiger partial charge in [-0.2, -0.15) is 18.3 Å². The Morgan fingerprint density at radius 3 is 2.50 bits per heavy atom. The standard InChI is InChI=1S/C19H12F3N3O3S.Na/c20-19(21,22)10-5-6-15-14(7-10)23-16(29-15)9-25-18(28)12-4-2-1-3-11(12)13(24-25)8-17(26)27;/h1-7H,8-9H2,(H,26,27);/q;+1/p-1. The SMILES string of the molecule is O=C([O-])Cc1nn(Cc2nc3cc(C(F)(F)F)ccc3s2)c(=O)c2ccccc12.[Na+]. The van der Waals surface area contributed by atoms with Crippen LogP contribution in [0.5, 0.6) is 0 Å². The van der Waals surface area contributed by atoms with Gasteiger partial charge in [-0.15, -0.1) is 11.3 Å². The molecule has 0 unspecified atom stereocenters. The number of fused-ring (bicyclic) bond motifs is 2. The molecule has 0 aliphatic carbocycles. The third-order valence-electron chi connectivity index (χ3n) is 4.30. The summed E-state index contributed by atoms with van der Waals surface area (Å²) in [5, 5.41) is 16.3. The van der Waals surface area contributed by atoms with Crippen LogP contribution in [0.4, 0.5) is 13.2 Å². The van der Waals surface area contributed by atoms with Gasteiger partial charge in [0.15, 0.2) is 0 Å². The molecule has 0 amide bonds. The Morgan fingerprint density at radius 2 is 1.83 bits per heavy atom. The van der Waals surface area contributed by atoms with Gasteiger partial charge in [0.05, 0.1) is 33.4 Å². The monoisotopic (exact) mass is 441 g/mol. The van der Waals surface area contributed by atoms with Crippen LogP contribution in [0.3, 0.4) is 0 Å². The largest absolute Gasteiger partial charge is 1.00 e. The number of carbonyl (C=O) groups excluding carboxylic acids is 1. The van der Waals surface area contributed by atoms with E-state index in [1.54, 1.807) is 24.3 Å². The minimum absolute atomic E-state index is 0. The minimum Gasteiger partial charge on any atom is -0.550 e. The molecule has 2 aromatic carbocycles. The van der Waals surface area contributed by atoms with Crippen molar-refractivity contribution in [1.82, 2.24) is 14.8 Å². The molecule has 0 aliphatic heterocycles. The maximum absolute atomic E-state index is 12.9. The number of carboxylic acid groups (broad SMARTS) is 1. The molecule has 0 saturated heterocycles. The molecule has 4 rings (SSSR count). The van der Waals surface area contributed by atoms with Gasteiger partial charge in [0.1, 0.15) is 5.01 Å². The predicted molar refractivity (Wildman–Crippen MR) is 98.4 cm³/mol. The summed E-state index contributed by atoms with van der Waals surface area (Å²) in [4.78, 5) is 28.0. The molecule has 0 fully saturated rings. The topological polar surface area (TPSA) is 87.9 Å². The van der Waals surface area contributed by atoms with E-state index in [1.807, 2.05) is 0 Å². The van der Waals surface area contributed by atoms with Crippen LogP contribution >= 0.6 is 11.3 Å². The molecule has 0 spiro atoms. The average Bonchev–Trinajstić information content (AvgIpc) is 3.06. The van der Waals surface area contributed by atoms with Crippen molar-refractivity contribution < 1.29 is 52.6 Å². The van der Waals surface area contributed by atoms with E-state index in [1.165, 1.54) is 6.07 Å². The Bertz CT molecular complexity index is 1320. The molecule has 0 radical (unpaired) electrons. The van der Waals surface area contributed by atoms with E-state index in [2.05, 4.69) is 10.1 Å². The first kappa shape index (κ1) is 22.4. The Labute approximate surface area is 193 Å². The van der Waals surface area contributed by atoms with Crippen LogP contribution in [-0.2, 0) is 23.9 Å². The fourth-order valence-electron chi connectivity index (χ4n) is 3.03. The van der Waals surface area contributed by atoms with Crippen LogP contribution in [-0.4, -0.2) is 20.7 Å². The van der Waals surface area contributed by atoms with E-state index in [-0.39, 0.29) is 47.3 Å². The summed E-state index contributed by atoms with van der Waals surface area (Å²) in [6.45, 7) is -0.0928. The summed E-state index contributed by atoms with van der Waals surface area (Å²) in [5.74, 6) is -1.34. The first-order valence-corrected chi connectivity index (χ1v) is 9.19. The van der Waals surface area contributed by atoms with Crippen molar-refractivity contribution in [1.29, 1.82) is 0 Å². The number of thiazole rings is 1. The number of alkyl halides is 3. The Balaban J connectivity index is 0.00000256. The Kier molecular flexibility index (Phi) is 6.32. The number of aliphatic carboxylic acids is 1. The Morgan fingerprint density at radius 1 is 1.13 bits per heavy atom. The zero-order valence-corrected chi connectivity index (χ0v) is 18.4. The zero-order valence-electron chi connectivity index (χ0n) is 15.6. The molecule has 0 bridgehead atoms. The maximum atomic E-state index is 12.9. The summed E-state index contributed by atoms with van der Waals surface area (Å²) in [6.07, 6.45) is -4.95. The van der Waals surface area contributed by atoms with Crippen molar-refractivity contribution in [3.05, 3.63) is 69.1 Å². The number of nitrogens with zero attached hydrogens (tertiary/aromatic N) is 3. The molecule has 30 heavy (non-hydrogen) atoms. The van der Waals surface area contributed by atoms with Crippen LogP contribution < -0.4 is 40.2 Å². The number of hydrogen-bond donors (Lipinski definition) is 0. The van der Waals surface area contributed by atoms with Crippen LogP contribution in [0, 0.1) is 0 Å². The number of benzene rings is 2. The molecule has 6 nitrogen and oxygen atoms in total. The minimum atomic E-state index is -4.48. The number of aromatic nitrogens is 3. The van der Waals surface area contributed by atoms with Crippen LogP contribution in [0.2, 0.25) is 0 Å². The number of rotatable bonds is 4. The molecule has 4 aromatic rings. The van der Waals surface area contributed by atoms with Crippen molar-refractivity contribution in [3.8, 4) is 0 Å². The summed E-state index contributed by atoms with van der Waals surface area (Å²) in [7, 11) is 0. The van der Waals surface area contributed by atoms with Crippen molar-refractivity contribution in [2.75, 3.05) is 0 Å². The normalized spacial score (nSPS) is 11.6. The summed E-state index contributed by atoms with van der Waals surface area (Å²) >= 11 is 1.14. The summed E-state index contributed by atoms with van der Waals surface area (Å²) in [6, 6.07) is 9.73. The molecule has 0 saturated carbocycles.